The molecule has 5 heterocycles. The maximum Gasteiger partial charge on any atom is 0.418 e. The SMILES string of the molecule is COc1ccc(CN2C(=O)CCN(c3cccc4c3ccn4C(=O)OC(C)(C)C)C2=O)cc1.O=C1CCN(c2cccc3c2ccn3CCN2CCNCC2)C(=O)N1. The molecular formula is C43H50N8O7. The predicted octanol–water partition coefficient (Wildman–Crippen LogP) is 5.78. The van der Waals surface area contributed by atoms with Gasteiger partial charge in [-0.2, -0.15) is 0 Å². The van der Waals surface area contributed by atoms with Gasteiger partial charge in [-0.25, -0.2) is 14.4 Å². The third-order valence-electron chi connectivity index (χ3n) is 10.4. The summed E-state index contributed by atoms with van der Waals surface area (Å²) in [5.41, 5.74) is 3.46. The van der Waals surface area contributed by atoms with Crippen molar-refractivity contribution in [1.82, 2.24) is 29.6 Å². The van der Waals surface area contributed by atoms with Crippen molar-refractivity contribution in [3.05, 3.63) is 90.8 Å². The van der Waals surface area contributed by atoms with Crippen molar-refractivity contribution in [1.29, 1.82) is 0 Å². The molecule has 3 saturated heterocycles. The van der Waals surface area contributed by atoms with Crippen molar-refractivity contribution in [2.24, 2.45) is 0 Å². The van der Waals surface area contributed by atoms with Crippen LogP contribution >= 0.6 is 0 Å². The number of carbonyl (C=O) groups excluding carboxylic acids is 5. The van der Waals surface area contributed by atoms with Gasteiger partial charge in [-0.15, -0.1) is 0 Å². The van der Waals surface area contributed by atoms with Crippen LogP contribution in [-0.2, 0) is 27.4 Å². The average Bonchev–Trinajstić information content (AvgIpc) is 3.84. The number of fused-ring (bicyclic) bond motifs is 2. The van der Waals surface area contributed by atoms with Gasteiger partial charge in [0.2, 0.25) is 11.8 Å². The molecule has 2 aromatic heterocycles. The lowest BCUT2D eigenvalue weighted by Crippen LogP contribution is -2.52. The number of hydrogen-bond acceptors (Lipinski definition) is 9. The smallest absolute Gasteiger partial charge is 0.418 e. The van der Waals surface area contributed by atoms with Crippen LogP contribution in [0.1, 0.15) is 39.2 Å². The van der Waals surface area contributed by atoms with Crippen molar-refractivity contribution >= 4 is 63.2 Å². The largest absolute Gasteiger partial charge is 0.497 e. The Hall–Kier alpha value is -6.19. The molecule has 3 fully saturated rings. The second kappa shape index (κ2) is 17.1. The minimum Gasteiger partial charge on any atom is -0.497 e. The molecule has 3 aromatic carbocycles. The van der Waals surface area contributed by atoms with Gasteiger partial charge < -0.3 is 19.4 Å². The molecule has 2 N–H and O–H groups in total. The monoisotopic (exact) mass is 790 g/mol. The van der Waals surface area contributed by atoms with Crippen LogP contribution in [-0.4, -0.2) is 107 Å². The fraction of sp³-hybridized carbons (Fsp3) is 0.372. The summed E-state index contributed by atoms with van der Waals surface area (Å²) < 4.78 is 14.3. The predicted molar refractivity (Wildman–Crippen MR) is 221 cm³/mol. The van der Waals surface area contributed by atoms with Crippen LogP contribution in [0.5, 0.6) is 5.75 Å². The van der Waals surface area contributed by atoms with E-state index >= 15 is 0 Å². The quantitative estimate of drug-likeness (QED) is 0.199. The molecular weight excluding hydrogens is 741 g/mol. The van der Waals surface area contributed by atoms with E-state index in [1.807, 2.05) is 51.1 Å². The fourth-order valence-corrected chi connectivity index (χ4v) is 7.46. The number of methoxy groups -OCH3 is 1. The molecule has 0 atom stereocenters. The van der Waals surface area contributed by atoms with Crippen molar-refractivity contribution in [3.8, 4) is 5.75 Å². The number of urea groups is 2. The highest BCUT2D eigenvalue weighted by molar-refractivity contribution is 6.11. The molecule has 3 aliphatic rings. The summed E-state index contributed by atoms with van der Waals surface area (Å²) in [5.74, 6) is 0.283. The van der Waals surface area contributed by atoms with E-state index in [1.54, 1.807) is 53.4 Å². The third kappa shape index (κ3) is 8.85. The van der Waals surface area contributed by atoms with Gasteiger partial charge in [0.05, 0.1) is 36.1 Å². The van der Waals surface area contributed by atoms with Crippen molar-refractivity contribution in [2.75, 3.05) is 62.7 Å². The van der Waals surface area contributed by atoms with Gasteiger partial charge >= 0.3 is 18.2 Å². The van der Waals surface area contributed by atoms with E-state index in [9.17, 15) is 24.0 Å². The number of carbonyl (C=O) groups is 5. The highest BCUT2D eigenvalue weighted by atomic mass is 16.6. The number of imide groups is 2. The van der Waals surface area contributed by atoms with Crippen molar-refractivity contribution in [2.45, 2.75) is 52.3 Å². The number of ether oxygens (including phenoxy) is 2. The van der Waals surface area contributed by atoms with Crippen molar-refractivity contribution in [3.63, 3.8) is 0 Å². The summed E-state index contributed by atoms with van der Waals surface area (Å²) in [4.78, 5) is 69.1. The Labute approximate surface area is 337 Å². The Bertz CT molecular complexity index is 2320. The summed E-state index contributed by atoms with van der Waals surface area (Å²) in [5, 5.41) is 7.55. The van der Waals surface area contributed by atoms with Gasteiger partial charge in [-0.3, -0.25) is 39.1 Å². The van der Waals surface area contributed by atoms with Crippen LogP contribution < -0.4 is 25.2 Å². The zero-order valence-electron chi connectivity index (χ0n) is 33.4. The summed E-state index contributed by atoms with van der Waals surface area (Å²) in [6.07, 6.45) is 3.79. The standard InChI is InChI=1S/C25H27N3O5.C18H23N5O2/c1-25(2,3)33-24(31)27-14-12-19-20(6-5-7-21(19)27)26-15-13-22(29)28(23(26)30)16-17-8-10-18(32-4)11-9-17;24-17-5-9-23(18(25)20-17)16-3-1-2-15-14(16)4-8-22(15)13-12-21-10-6-19-7-11-21/h5-12,14H,13,15-16H2,1-4H3;1-4,8,19H,5-7,9-13H2,(H,20,24,25). The normalized spacial score (nSPS) is 16.7. The van der Waals surface area contributed by atoms with Gasteiger partial charge in [0.25, 0.3) is 0 Å². The molecule has 3 aliphatic heterocycles. The van der Waals surface area contributed by atoms with E-state index < -0.39 is 11.7 Å². The lowest BCUT2D eigenvalue weighted by atomic mass is 10.1. The molecule has 6 amide bonds. The summed E-state index contributed by atoms with van der Waals surface area (Å²) >= 11 is 0. The molecule has 0 spiro atoms. The van der Waals surface area contributed by atoms with E-state index in [1.165, 1.54) is 9.47 Å². The molecule has 0 aliphatic carbocycles. The highest BCUT2D eigenvalue weighted by Crippen LogP contribution is 2.32. The molecule has 15 nitrogen and oxygen atoms in total. The Balaban J connectivity index is 0.000000183. The van der Waals surface area contributed by atoms with E-state index in [0.717, 1.165) is 66.8 Å². The van der Waals surface area contributed by atoms with Crippen molar-refractivity contribution < 1.29 is 33.4 Å². The van der Waals surface area contributed by atoms with Gasteiger partial charge in [-0.1, -0.05) is 24.3 Å². The van der Waals surface area contributed by atoms with Gasteiger partial charge in [-0.05, 0) is 74.9 Å². The first kappa shape index (κ1) is 40.0. The molecule has 0 radical (unpaired) electrons. The van der Waals surface area contributed by atoms with Crippen LogP contribution in [0.25, 0.3) is 21.8 Å². The first-order chi connectivity index (χ1) is 27.9. The highest BCUT2D eigenvalue weighted by Gasteiger charge is 2.34. The third-order valence-corrected chi connectivity index (χ3v) is 10.4. The lowest BCUT2D eigenvalue weighted by Gasteiger charge is -2.34. The molecule has 0 unspecified atom stereocenters. The topological polar surface area (TPSA) is 151 Å². The number of rotatable bonds is 8. The van der Waals surface area contributed by atoms with Crippen LogP contribution in [0.2, 0.25) is 0 Å². The number of aromatic nitrogens is 2. The average molecular weight is 791 g/mol. The second-order valence-corrected chi connectivity index (χ2v) is 15.5. The Morgan fingerprint density at radius 1 is 0.741 bits per heavy atom. The van der Waals surface area contributed by atoms with Gasteiger partial charge in [0.15, 0.2) is 0 Å². The van der Waals surface area contributed by atoms with Crippen LogP contribution in [0.15, 0.2) is 85.2 Å². The van der Waals surface area contributed by atoms with Crippen LogP contribution in [0, 0.1) is 0 Å². The molecule has 5 aromatic rings. The second-order valence-electron chi connectivity index (χ2n) is 15.5. The summed E-state index contributed by atoms with van der Waals surface area (Å²) in [6.45, 7) is 12.5. The first-order valence-electron chi connectivity index (χ1n) is 19.6. The molecule has 0 bridgehead atoms. The Kier molecular flexibility index (Phi) is 11.8. The minimum absolute atomic E-state index is 0.174. The van der Waals surface area contributed by atoms with Crippen LogP contribution in [0.3, 0.4) is 0 Å². The lowest BCUT2D eigenvalue weighted by molar-refractivity contribution is -0.129. The first-order valence-corrected chi connectivity index (χ1v) is 19.6. The zero-order valence-corrected chi connectivity index (χ0v) is 33.4. The fourth-order valence-electron chi connectivity index (χ4n) is 7.46. The summed E-state index contributed by atoms with van der Waals surface area (Å²) in [7, 11) is 1.58. The number of nitrogens with zero attached hydrogens (tertiary/aromatic N) is 6. The maximum absolute atomic E-state index is 13.3. The molecule has 8 rings (SSSR count). The number of benzene rings is 3. The van der Waals surface area contributed by atoms with E-state index in [0.29, 0.717) is 29.9 Å². The Morgan fingerprint density at radius 3 is 2.09 bits per heavy atom. The number of nitrogens with one attached hydrogen (secondary N) is 2. The zero-order chi connectivity index (χ0) is 41.0. The minimum atomic E-state index is -0.629. The molecule has 15 heteroatoms. The van der Waals surface area contributed by atoms with Gasteiger partial charge in [0, 0.05) is 88.4 Å². The molecule has 58 heavy (non-hydrogen) atoms. The van der Waals surface area contributed by atoms with E-state index in [-0.39, 0.29) is 43.4 Å². The van der Waals surface area contributed by atoms with Gasteiger partial charge in [0.1, 0.15) is 11.4 Å². The maximum atomic E-state index is 13.3. The Morgan fingerprint density at radius 2 is 1.40 bits per heavy atom. The molecule has 304 valence electrons. The van der Waals surface area contributed by atoms with E-state index in [4.69, 9.17) is 9.47 Å². The number of piperazine rings is 1. The molecule has 0 saturated carbocycles. The number of anilines is 2. The summed E-state index contributed by atoms with van der Waals surface area (Å²) in [6, 6.07) is 21.8. The number of hydrogen-bond donors (Lipinski definition) is 2. The van der Waals surface area contributed by atoms with E-state index in [2.05, 4.69) is 38.4 Å². The number of amides is 6. The van der Waals surface area contributed by atoms with Crippen LogP contribution in [0.4, 0.5) is 25.8 Å².